The fourth-order valence-corrected chi connectivity index (χ4v) is 3.72. The van der Waals surface area contributed by atoms with Crippen molar-refractivity contribution < 1.29 is 8.42 Å². The maximum atomic E-state index is 11.2. The summed E-state index contributed by atoms with van der Waals surface area (Å²) >= 11 is 0. The molecule has 0 aromatic rings. The molecule has 14 heavy (non-hydrogen) atoms. The lowest BCUT2D eigenvalue weighted by atomic mass is 10.2. The Morgan fingerprint density at radius 1 is 1.36 bits per heavy atom. The van der Waals surface area contributed by atoms with Crippen LogP contribution in [0.5, 0.6) is 0 Å². The first kappa shape index (κ1) is 12.0. The van der Waals surface area contributed by atoms with Crippen LogP contribution in [-0.2, 0) is 9.84 Å². The quantitative estimate of drug-likeness (QED) is 0.654. The minimum atomic E-state index is -2.71. The summed E-state index contributed by atoms with van der Waals surface area (Å²) in [7, 11) is -0.670. The smallest absolute Gasteiger partial charge is 0.151 e. The number of hydrogen-bond donors (Lipinski definition) is 0. The molecule has 4 heteroatoms. The molecule has 0 N–H and O–H groups in total. The van der Waals surface area contributed by atoms with Crippen LogP contribution in [0.1, 0.15) is 32.6 Å². The molecule has 0 aromatic heterocycles. The third-order valence-corrected chi connectivity index (χ3v) is 4.70. The summed E-state index contributed by atoms with van der Waals surface area (Å²) in [6.07, 6.45) is 4.47. The molecule has 0 amide bonds. The van der Waals surface area contributed by atoms with Crippen LogP contribution in [0.3, 0.4) is 0 Å². The molecule has 0 spiro atoms. The highest BCUT2D eigenvalue weighted by Crippen LogP contribution is 2.16. The zero-order valence-electron chi connectivity index (χ0n) is 9.20. The van der Waals surface area contributed by atoms with Crippen LogP contribution in [0.15, 0.2) is 0 Å². The van der Waals surface area contributed by atoms with Crippen LogP contribution in [0.4, 0.5) is 0 Å². The molecule has 0 aliphatic carbocycles. The van der Waals surface area contributed by atoms with Crippen molar-refractivity contribution >= 4 is 9.84 Å². The van der Waals surface area contributed by atoms with Crippen LogP contribution >= 0.6 is 0 Å². The van der Waals surface area contributed by atoms with E-state index in [0.717, 1.165) is 13.0 Å². The average molecular weight is 219 g/mol. The largest absolute Gasteiger partial charge is 0.302 e. The van der Waals surface area contributed by atoms with Gasteiger partial charge in [0, 0.05) is 6.04 Å². The Morgan fingerprint density at radius 3 is 2.57 bits per heavy atom. The van der Waals surface area contributed by atoms with Crippen molar-refractivity contribution in [2.45, 2.75) is 38.6 Å². The molecule has 1 atom stereocenters. The van der Waals surface area contributed by atoms with E-state index in [2.05, 4.69) is 11.8 Å². The van der Waals surface area contributed by atoms with Gasteiger partial charge in [-0.15, -0.1) is 0 Å². The lowest BCUT2D eigenvalue weighted by molar-refractivity contribution is 0.256. The number of nitrogens with zero attached hydrogens (tertiary/aromatic N) is 1. The highest BCUT2D eigenvalue weighted by atomic mass is 32.2. The van der Waals surface area contributed by atoms with Crippen LogP contribution in [0, 0.1) is 0 Å². The van der Waals surface area contributed by atoms with Crippen LogP contribution < -0.4 is 0 Å². The highest BCUT2D eigenvalue weighted by Gasteiger charge is 2.30. The van der Waals surface area contributed by atoms with Gasteiger partial charge in [-0.25, -0.2) is 8.42 Å². The molecule has 1 heterocycles. The molecule has 1 saturated heterocycles. The Balaban J connectivity index is 2.29. The van der Waals surface area contributed by atoms with Gasteiger partial charge in [-0.3, -0.25) is 0 Å². The molecule has 1 aliphatic rings. The van der Waals surface area contributed by atoms with E-state index in [0.29, 0.717) is 11.5 Å². The molecule has 1 fully saturated rings. The highest BCUT2D eigenvalue weighted by molar-refractivity contribution is 7.91. The van der Waals surface area contributed by atoms with Gasteiger partial charge in [0.2, 0.25) is 0 Å². The molecule has 1 aliphatic heterocycles. The Kier molecular flexibility index (Phi) is 4.38. The van der Waals surface area contributed by atoms with Crippen LogP contribution in [0.2, 0.25) is 0 Å². The van der Waals surface area contributed by atoms with E-state index in [1.165, 1.54) is 19.3 Å². The fourth-order valence-electron chi connectivity index (χ4n) is 1.92. The van der Waals surface area contributed by atoms with Gasteiger partial charge in [0.1, 0.15) is 0 Å². The topological polar surface area (TPSA) is 37.4 Å². The second kappa shape index (κ2) is 5.12. The summed E-state index contributed by atoms with van der Waals surface area (Å²) in [6, 6.07) is 0.275. The van der Waals surface area contributed by atoms with Gasteiger partial charge in [-0.2, -0.15) is 0 Å². The summed E-state index contributed by atoms with van der Waals surface area (Å²) in [5, 5.41) is 0. The number of unbranched alkanes of at least 4 members (excludes halogenated alkanes) is 2. The minimum Gasteiger partial charge on any atom is -0.302 e. The second-order valence-electron chi connectivity index (χ2n) is 4.24. The van der Waals surface area contributed by atoms with E-state index >= 15 is 0 Å². The number of hydrogen-bond acceptors (Lipinski definition) is 3. The summed E-state index contributed by atoms with van der Waals surface area (Å²) < 4.78 is 22.5. The average Bonchev–Trinajstić information content (AvgIpc) is 2.46. The lowest BCUT2D eigenvalue weighted by Crippen LogP contribution is -2.33. The van der Waals surface area contributed by atoms with Crippen molar-refractivity contribution in [1.82, 2.24) is 4.90 Å². The summed E-state index contributed by atoms with van der Waals surface area (Å²) in [4.78, 5) is 2.21. The normalized spacial score (nSPS) is 25.8. The van der Waals surface area contributed by atoms with E-state index in [1.54, 1.807) is 0 Å². The van der Waals surface area contributed by atoms with Crippen molar-refractivity contribution in [2.24, 2.45) is 0 Å². The predicted molar refractivity (Wildman–Crippen MR) is 59.2 cm³/mol. The van der Waals surface area contributed by atoms with E-state index in [9.17, 15) is 8.42 Å². The number of rotatable bonds is 5. The molecule has 0 radical (unpaired) electrons. The van der Waals surface area contributed by atoms with Gasteiger partial charge >= 0.3 is 0 Å². The predicted octanol–water partition coefficient (Wildman–Crippen LogP) is 1.30. The van der Waals surface area contributed by atoms with Crippen molar-refractivity contribution in [2.75, 3.05) is 25.1 Å². The Morgan fingerprint density at radius 2 is 2.07 bits per heavy atom. The monoisotopic (exact) mass is 219 g/mol. The Bertz CT molecular complexity index is 261. The lowest BCUT2D eigenvalue weighted by Gasteiger charge is -2.22. The Labute approximate surface area is 87.4 Å². The first-order chi connectivity index (χ1) is 6.55. The maximum absolute atomic E-state index is 11.2. The van der Waals surface area contributed by atoms with Crippen molar-refractivity contribution in [3.05, 3.63) is 0 Å². The summed E-state index contributed by atoms with van der Waals surface area (Å²) in [6.45, 7) is 3.22. The molecule has 0 saturated carbocycles. The fraction of sp³-hybridized carbons (Fsp3) is 1.00. The van der Waals surface area contributed by atoms with Crippen molar-refractivity contribution in [3.8, 4) is 0 Å². The Hall–Kier alpha value is -0.0900. The van der Waals surface area contributed by atoms with Gasteiger partial charge in [0.25, 0.3) is 0 Å². The zero-order valence-corrected chi connectivity index (χ0v) is 10.0. The molecule has 1 unspecified atom stereocenters. The van der Waals surface area contributed by atoms with Gasteiger partial charge in [-0.05, 0) is 26.4 Å². The third-order valence-electron chi connectivity index (χ3n) is 2.95. The number of sulfone groups is 1. The molecular weight excluding hydrogens is 198 g/mol. The molecule has 84 valence electrons. The first-order valence-electron chi connectivity index (χ1n) is 5.46. The summed E-state index contributed by atoms with van der Waals surface area (Å²) in [5.41, 5.74) is 0. The zero-order chi connectivity index (χ0) is 10.6. The molecule has 1 rings (SSSR count). The van der Waals surface area contributed by atoms with Crippen molar-refractivity contribution in [1.29, 1.82) is 0 Å². The van der Waals surface area contributed by atoms with Crippen LogP contribution in [0.25, 0.3) is 0 Å². The SMILES string of the molecule is CCCCCN(C)C1CCS(=O)(=O)C1. The van der Waals surface area contributed by atoms with Gasteiger partial charge < -0.3 is 4.90 Å². The van der Waals surface area contributed by atoms with E-state index in [1.807, 2.05) is 7.05 Å². The molecule has 0 bridgehead atoms. The second-order valence-corrected chi connectivity index (χ2v) is 6.47. The van der Waals surface area contributed by atoms with Gasteiger partial charge in [0.15, 0.2) is 9.84 Å². The summed E-state index contributed by atoms with van der Waals surface area (Å²) in [5.74, 6) is 0.755. The van der Waals surface area contributed by atoms with E-state index in [-0.39, 0.29) is 6.04 Å². The third kappa shape index (κ3) is 3.58. The van der Waals surface area contributed by atoms with Gasteiger partial charge in [-0.1, -0.05) is 19.8 Å². The van der Waals surface area contributed by atoms with E-state index < -0.39 is 9.84 Å². The molecule has 3 nitrogen and oxygen atoms in total. The van der Waals surface area contributed by atoms with Gasteiger partial charge in [0.05, 0.1) is 11.5 Å². The maximum Gasteiger partial charge on any atom is 0.151 e. The molecule has 0 aromatic carbocycles. The van der Waals surface area contributed by atoms with Crippen molar-refractivity contribution in [3.63, 3.8) is 0 Å². The standard InChI is InChI=1S/C10H21NO2S/c1-3-4-5-7-11(2)10-6-8-14(12,13)9-10/h10H,3-9H2,1-2H3. The molecular formula is C10H21NO2S. The minimum absolute atomic E-state index is 0.275. The van der Waals surface area contributed by atoms with Crippen LogP contribution in [-0.4, -0.2) is 44.5 Å². The first-order valence-corrected chi connectivity index (χ1v) is 7.28. The van der Waals surface area contributed by atoms with E-state index in [4.69, 9.17) is 0 Å².